The maximum absolute atomic E-state index is 9.98. The summed E-state index contributed by atoms with van der Waals surface area (Å²) in [7, 11) is 0. The van der Waals surface area contributed by atoms with Gasteiger partial charge in [0.15, 0.2) is 0 Å². The fourth-order valence-corrected chi connectivity index (χ4v) is 1.63. The van der Waals surface area contributed by atoms with Crippen LogP contribution in [0.1, 0.15) is 12.8 Å². The number of hydrogen-bond donors (Lipinski definition) is 1. The summed E-state index contributed by atoms with van der Waals surface area (Å²) < 4.78 is 21.2. The van der Waals surface area contributed by atoms with Gasteiger partial charge in [0.2, 0.25) is 0 Å². The van der Waals surface area contributed by atoms with Crippen molar-refractivity contribution in [2.75, 3.05) is 52.0 Å². The Kier molecular flexibility index (Phi) is 10.9. The van der Waals surface area contributed by atoms with Crippen molar-refractivity contribution in [2.45, 2.75) is 12.8 Å². The lowest BCUT2D eigenvalue weighted by atomic mass is 10.3. The summed E-state index contributed by atoms with van der Waals surface area (Å²) >= 11 is 0. The lowest BCUT2D eigenvalue weighted by Crippen LogP contribution is -2.10. The van der Waals surface area contributed by atoms with Crippen molar-refractivity contribution in [1.82, 2.24) is 0 Å². The van der Waals surface area contributed by atoms with E-state index in [9.17, 15) is 4.79 Å². The van der Waals surface area contributed by atoms with Gasteiger partial charge in [-0.2, -0.15) is 0 Å². The molecule has 0 saturated carbocycles. The zero-order valence-electron chi connectivity index (χ0n) is 12.9. The Hall–Kier alpha value is -1.63. The molecule has 6 heteroatoms. The van der Waals surface area contributed by atoms with Crippen molar-refractivity contribution >= 4 is 12.0 Å². The summed E-state index contributed by atoms with van der Waals surface area (Å²) in [5.41, 5.74) is 6.33. The molecule has 0 saturated heterocycles. The van der Waals surface area contributed by atoms with Crippen LogP contribution in [0.5, 0.6) is 5.75 Å². The average molecular weight is 311 g/mol. The largest absolute Gasteiger partial charge is 0.494 e. The summed E-state index contributed by atoms with van der Waals surface area (Å²) in [6.07, 6.45) is 2.60. The van der Waals surface area contributed by atoms with Crippen LogP contribution in [0.3, 0.4) is 0 Å². The van der Waals surface area contributed by atoms with E-state index in [-0.39, 0.29) is 6.61 Å². The molecular formula is C16H25NO5. The molecule has 0 atom stereocenters. The molecular weight excluding hydrogens is 286 g/mol. The third kappa shape index (κ3) is 10.1. The highest BCUT2D eigenvalue weighted by Gasteiger charge is 1.95. The molecule has 0 aliphatic rings. The summed E-state index contributed by atoms with van der Waals surface area (Å²) in [6.45, 7) is 3.49. The van der Waals surface area contributed by atoms with E-state index < -0.39 is 0 Å². The number of rotatable bonds is 14. The first-order valence-corrected chi connectivity index (χ1v) is 7.48. The second-order valence-electron chi connectivity index (χ2n) is 4.59. The topological polar surface area (TPSA) is 80.0 Å². The highest BCUT2D eigenvalue weighted by Crippen LogP contribution is 2.13. The minimum absolute atomic E-state index is 0.123. The second-order valence-corrected chi connectivity index (χ2v) is 4.59. The molecule has 0 heterocycles. The lowest BCUT2D eigenvalue weighted by Gasteiger charge is -2.07. The van der Waals surface area contributed by atoms with Crippen molar-refractivity contribution in [3.8, 4) is 5.75 Å². The molecule has 22 heavy (non-hydrogen) atoms. The van der Waals surface area contributed by atoms with Crippen molar-refractivity contribution in [3.63, 3.8) is 0 Å². The van der Waals surface area contributed by atoms with Crippen LogP contribution in [0.25, 0.3) is 0 Å². The number of anilines is 1. The zero-order valence-corrected chi connectivity index (χ0v) is 12.9. The van der Waals surface area contributed by atoms with Gasteiger partial charge >= 0.3 is 0 Å². The SMILES string of the molecule is Nc1ccc(OCCCCOCCOCCOCC=O)cc1. The number of unbranched alkanes of at least 4 members (excludes halogenated alkanes) is 1. The first-order valence-electron chi connectivity index (χ1n) is 7.48. The van der Waals surface area contributed by atoms with Crippen LogP contribution >= 0.6 is 0 Å². The molecule has 0 fully saturated rings. The number of aldehydes is 1. The fourth-order valence-electron chi connectivity index (χ4n) is 1.63. The highest BCUT2D eigenvalue weighted by molar-refractivity contribution is 5.50. The standard InChI is InChI=1S/C16H25NO5/c17-15-3-5-16(6-4-15)22-9-2-1-8-19-11-13-21-14-12-20-10-7-18/h3-7H,1-2,8-14,17H2. The van der Waals surface area contributed by atoms with E-state index in [0.717, 1.165) is 30.6 Å². The Morgan fingerprint density at radius 2 is 1.41 bits per heavy atom. The predicted molar refractivity (Wildman–Crippen MR) is 84.1 cm³/mol. The van der Waals surface area contributed by atoms with Crippen molar-refractivity contribution in [2.24, 2.45) is 0 Å². The Labute approximate surface area is 131 Å². The molecule has 2 N–H and O–H groups in total. The molecule has 1 rings (SSSR count). The van der Waals surface area contributed by atoms with E-state index in [0.29, 0.717) is 39.6 Å². The van der Waals surface area contributed by atoms with Crippen LogP contribution in [0.4, 0.5) is 5.69 Å². The van der Waals surface area contributed by atoms with E-state index in [1.165, 1.54) is 0 Å². The van der Waals surface area contributed by atoms with Gasteiger partial charge in [0, 0.05) is 12.3 Å². The second kappa shape index (κ2) is 13.1. The van der Waals surface area contributed by atoms with E-state index in [1.807, 2.05) is 24.3 Å². The van der Waals surface area contributed by atoms with Crippen LogP contribution in [-0.4, -0.2) is 52.5 Å². The van der Waals surface area contributed by atoms with Crippen LogP contribution in [0.2, 0.25) is 0 Å². The van der Waals surface area contributed by atoms with Gasteiger partial charge in [-0.1, -0.05) is 0 Å². The molecule has 124 valence electrons. The molecule has 1 aromatic carbocycles. The van der Waals surface area contributed by atoms with Crippen LogP contribution in [0.15, 0.2) is 24.3 Å². The number of nitrogens with two attached hydrogens (primary N) is 1. The van der Waals surface area contributed by atoms with Gasteiger partial charge in [-0.15, -0.1) is 0 Å². The molecule has 0 unspecified atom stereocenters. The number of ether oxygens (including phenoxy) is 4. The maximum Gasteiger partial charge on any atom is 0.145 e. The molecule has 6 nitrogen and oxygen atoms in total. The molecule has 0 bridgehead atoms. The molecule has 0 amide bonds. The van der Waals surface area contributed by atoms with Crippen LogP contribution in [0, 0.1) is 0 Å². The van der Waals surface area contributed by atoms with Gasteiger partial charge in [-0.3, -0.25) is 0 Å². The van der Waals surface area contributed by atoms with Gasteiger partial charge in [-0.25, -0.2) is 0 Å². The van der Waals surface area contributed by atoms with Gasteiger partial charge in [0.1, 0.15) is 18.6 Å². The molecule has 1 aromatic rings. The minimum atomic E-state index is 0.123. The Morgan fingerprint density at radius 1 is 0.818 bits per heavy atom. The Morgan fingerprint density at radius 3 is 2.09 bits per heavy atom. The van der Waals surface area contributed by atoms with Crippen LogP contribution in [-0.2, 0) is 19.0 Å². The van der Waals surface area contributed by atoms with Gasteiger partial charge in [-0.05, 0) is 37.1 Å². The minimum Gasteiger partial charge on any atom is -0.494 e. The van der Waals surface area contributed by atoms with E-state index >= 15 is 0 Å². The normalized spacial score (nSPS) is 10.5. The molecule has 0 aromatic heterocycles. The molecule has 0 spiro atoms. The first kappa shape index (κ1) is 18.4. The van der Waals surface area contributed by atoms with Crippen molar-refractivity contribution in [1.29, 1.82) is 0 Å². The third-order valence-electron chi connectivity index (χ3n) is 2.76. The summed E-state index contributed by atoms with van der Waals surface area (Å²) in [5.74, 6) is 0.834. The van der Waals surface area contributed by atoms with Crippen molar-refractivity contribution in [3.05, 3.63) is 24.3 Å². The van der Waals surface area contributed by atoms with Crippen molar-refractivity contribution < 1.29 is 23.7 Å². The quantitative estimate of drug-likeness (QED) is 0.320. The Balaban J connectivity index is 1.80. The summed E-state index contributed by atoms with van der Waals surface area (Å²) in [6, 6.07) is 7.37. The van der Waals surface area contributed by atoms with E-state index in [1.54, 1.807) is 0 Å². The number of carbonyl (C=O) groups excluding carboxylic acids is 1. The number of nitrogen functional groups attached to an aromatic ring is 1. The lowest BCUT2D eigenvalue weighted by molar-refractivity contribution is -0.112. The monoisotopic (exact) mass is 311 g/mol. The number of hydrogen-bond acceptors (Lipinski definition) is 6. The van der Waals surface area contributed by atoms with Gasteiger partial charge < -0.3 is 29.5 Å². The number of carbonyl (C=O) groups is 1. The van der Waals surface area contributed by atoms with Gasteiger partial charge in [0.25, 0.3) is 0 Å². The third-order valence-corrected chi connectivity index (χ3v) is 2.76. The average Bonchev–Trinajstić information content (AvgIpc) is 2.53. The van der Waals surface area contributed by atoms with Crippen LogP contribution < -0.4 is 10.5 Å². The zero-order chi connectivity index (χ0) is 15.9. The summed E-state index contributed by atoms with van der Waals surface area (Å²) in [4.78, 5) is 9.98. The smallest absolute Gasteiger partial charge is 0.145 e. The van der Waals surface area contributed by atoms with Gasteiger partial charge in [0.05, 0.1) is 33.0 Å². The van der Waals surface area contributed by atoms with E-state index in [2.05, 4.69) is 0 Å². The molecule has 0 aliphatic carbocycles. The fraction of sp³-hybridized carbons (Fsp3) is 0.562. The maximum atomic E-state index is 9.98. The first-order chi connectivity index (χ1) is 10.8. The number of benzene rings is 1. The van der Waals surface area contributed by atoms with E-state index in [4.69, 9.17) is 24.7 Å². The molecule has 0 radical (unpaired) electrons. The predicted octanol–water partition coefficient (Wildman–Crippen LogP) is 1.68. The Bertz CT molecular complexity index is 383. The highest BCUT2D eigenvalue weighted by atomic mass is 16.5. The molecule has 0 aliphatic heterocycles. The summed E-state index contributed by atoms with van der Waals surface area (Å²) in [5, 5.41) is 0.